The molecule has 0 saturated heterocycles. The van der Waals surface area contributed by atoms with Gasteiger partial charge in [0.1, 0.15) is 11.9 Å². The summed E-state index contributed by atoms with van der Waals surface area (Å²) in [5.41, 5.74) is 2.31. The second-order valence-corrected chi connectivity index (χ2v) is 2.96. The molecule has 68 valence electrons. The SMILES string of the molecule is Cc1ncc(-c2cncc(C#N)c2)[nH]1. The maximum absolute atomic E-state index is 8.70. The van der Waals surface area contributed by atoms with E-state index in [1.807, 2.05) is 13.0 Å². The fourth-order valence-electron chi connectivity index (χ4n) is 1.22. The highest BCUT2D eigenvalue weighted by Gasteiger charge is 2.01. The highest BCUT2D eigenvalue weighted by Crippen LogP contribution is 2.16. The van der Waals surface area contributed by atoms with Crippen LogP contribution in [0.15, 0.2) is 24.7 Å². The molecule has 0 unspecified atom stereocenters. The monoisotopic (exact) mass is 184 g/mol. The van der Waals surface area contributed by atoms with Gasteiger partial charge in [-0.1, -0.05) is 0 Å². The molecule has 0 atom stereocenters. The molecular formula is C10H8N4. The van der Waals surface area contributed by atoms with Gasteiger partial charge in [0.2, 0.25) is 0 Å². The van der Waals surface area contributed by atoms with Gasteiger partial charge in [-0.3, -0.25) is 4.98 Å². The van der Waals surface area contributed by atoms with E-state index in [9.17, 15) is 0 Å². The number of aryl methyl sites for hydroxylation is 1. The molecule has 4 heteroatoms. The molecular weight excluding hydrogens is 176 g/mol. The average molecular weight is 184 g/mol. The normalized spacial score (nSPS) is 9.71. The van der Waals surface area contributed by atoms with Crippen molar-refractivity contribution in [3.8, 4) is 17.3 Å². The number of pyridine rings is 1. The summed E-state index contributed by atoms with van der Waals surface area (Å²) in [4.78, 5) is 11.1. The summed E-state index contributed by atoms with van der Waals surface area (Å²) in [6.45, 7) is 1.88. The zero-order valence-corrected chi connectivity index (χ0v) is 7.65. The average Bonchev–Trinajstić information content (AvgIpc) is 2.65. The summed E-state index contributed by atoms with van der Waals surface area (Å²) in [7, 11) is 0. The molecule has 0 fully saturated rings. The van der Waals surface area contributed by atoms with Crippen LogP contribution in [0.3, 0.4) is 0 Å². The number of aromatic nitrogens is 3. The van der Waals surface area contributed by atoms with E-state index in [0.717, 1.165) is 17.1 Å². The van der Waals surface area contributed by atoms with Gasteiger partial charge in [0, 0.05) is 18.0 Å². The Hall–Kier alpha value is -2.15. The minimum absolute atomic E-state index is 0.551. The number of imidazole rings is 1. The van der Waals surface area contributed by atoms with Gasteiger partial charge in [-0.2, -0.15) is 5.26 Å². The molecule has 2 rings (SSSR count). The Morgan fingerprint density at radius 2 is 2.21 bits per heavy atom. The summed E-state index contributed by atoms with van der Waals surface area (Å²) in [6.07, 6.45) is 4.97. The largest absolute Gasteiger partial charge is 0.342 e. The van der Waals surface area contributed by atoms with Crippen molar-refractivity contribution in [2.45, 2.75) is 6.92 Å². The highest BCUT2D eigenvalue weighted by molar-refractivity contribution is 5.59. The number of nitrogens with zero attached hydrogens (tertiary/aromatic N) is 3. The quantitative estimate of drug-likeness (QED) is 0.732. The van der Waals surface area contributed by atoms with Crippen LogP contribution in [0.25, 0.3) is 11.3 Å². The molecule has 0 spiro atoms. The first-order chi connectivity index (χ1) is 6.79. The van der Waals surface area contributed by atoms with Crippen LogP contribution in [0.5, 0.6) is 0 Å². The van der Waals surface area contributed by atoms with Crippen molar-refractivity contribution in [3.05, 3.63) is 36.0 Å². The Bertz CT molecular complexity index is 493. The van der Waals surface area contributed by atoms with E-state index < -0.39 is 0 Å². The lowest BCUT2D eigenvalue weighted by molar-refractivity contribution is 1.15. The number of hydrogen-bond acceptors (Lipinski definition) is 3. The molecule has 0 amide bonds. The van der Waals surface area contributed by atoms with Gasteiger partial charge >= 0.3 is 0 Å². The highest BCUT2D eigenvalue weighted by atomic mass is 14.9. The molecule has 0 aromatic carbocycles. The predicted molar refractivity (Wildman–Crippen MR) is 51.3 cm³/mol. The van der Waals surface area contributed by atoms with Gasteiger partial charge < -0.3 is 4.98 Å². The Kier molecular flexibility index (Phi) is 1.99. The van der Waals surface area contributed by atoms with Crippen LogP contribution in [0, 0.1) is 18.3 Å². The van der Waals surface area contributed by atoms with Crippen molar-refractivity contribution < 1.29 is 0 Å². The third-order valence-electron chi connectivity index (χ3n) is 1.88. The van der Waals surface area contributed by atoms with Crippen LogP contribution in [0.1, 0.15) is 11.4 Å². The molecule has 2 heterocycles. The van der Waals surface area contributed by atoms with E-state index in [2.05, 4.69) is 15.0 Å². The Labute approximate surface area is 81.3 Å². The lowest BCUT2D eigenvalue weighted by Crippen LogP contribution is -1.83. The molecule has 0 aliphatic rings. The lowest BCUT2D eigenvalue weighted by Gasteiger charge is -1.95. The fourth-order valence-corrected chi connectivity index (χ4v) is 1.22. The third kappa shape index (κ3) is 1.48. The number of H-pyrrole nitrogens is 1. The summed E-state index contributed by atoms with van der Waals surface area (Å²) in [5, 5.41) is 8.70. The molecule has 0 saturated carbocycles. The molecule has 0 aliphatic carbocycles. The molecule has 14 heavy (non-hydrogen) atoms. The zero-order valence-electron chi connectivity index (χ0n) is 7.65. The predicted octanol–water partition coefficient (Wildman–Crippen LogP) is 1.65. The van der Waals surface area contributed by atoms with Crippen molar-refractivity contribution in [3.63, 3.8) is 0 Å². The first-order valence-electron chi connectivity index (χ1n) is 4.17. The summed E-state index contributed by atoms with van der Waals surface area (Å²) >= 11 is 0. The molecule has 0 radical (unpaired) electrons. The van der Waals surface area contributed by atoms with E-state index >= 15 is 0 Å². The van der Waals surface area contributed by atoms with Crippen molar-refractivity contribution in [1.82, 2.24) is 15.0 Å². The van der Waals surface area contributed by atoms with Gasteiger partial charge in [-0.25, -0.2) is 4.98 Å². The maximum Gasteiger partial charge on any atom is 0.103 e. The van der Waals surface area contributed by atoms with E-state index in [1.54, 1.807) is 18.5 Å². The number of aromatic amines is 1. The van der Waals surface area contributed by atoms with Crippen molar-refractivity contribution >= 4 is 0 Å². The smallest absolute Gasteiger partial charge is 0.103 e. The minimum Gasteiger partial charge on any atom is -0.342 e. The van der Waals surface area contributed by atoms with Crippen LogP contribution in [0.2, 0.25) is 0 Å². The van der Waals surface area contributed by atoms with Crippen molar-refractivity contribution in [1.29, 1.82) is 5.26 Å². The Morgan fingerprint density at radius 1 is 1.36 bits per heavy atom. The molecule has 0 aliphatic heterocycles. The zero-order chi connectivity index (χ0) is 9.97. The van der Waals surface area contributed by atoms with E-state index in [-0.39, 0.29) is 0 Å². The molecule has 2 aromatic rings. The second-order valence-electron chi connectivity index (χ2n) is 2.96. The first kappa shape index (κ1) is 8.45. The maximum atomic E-state index is 8.70. The van der Waals surface area contributed by atoms with Gasteiger partial charge in [0.05, 0.1) is 17.5 Å². The lowest BCUT2D eigenvalue weighted by atomic mass is 10.2. The second kappa shape index (κ2) is 3.30. The topological polar surface area (TPSA) is 65.4 Å². The summed E-state index contributed by atoms with van der Waals surface area (Å²) in [5.74, 6) is 0.849. The Morgan fingerprint density at radius 3 is 2.86 bits per heavy atom. The van der Waals surface area contributed by atoms with Crippen LogP contribution in [0.4, 0.5) is 0 Å². The third-order valence-corrected chi connectivity index (χ3v) is 1.88. The number of nitrogens with one attached hydrogen (secondary N) is 1. The van der Waals surface area contributed by atoms with Gasteiger partial charge in [0.25, 0.3) is 0 Å². The van der Waals surface area contributed by atoms with Crippen LogP contribution < -0.4 is 0 Å². The van der Waals surface area contributed by atoms with Gasteiger partial charge in [-0.05, 0) is 13.0 Å². The van der Waals surface area contributed by atoms with Gasteiger partial charge in [-0.15, -0.1) is 0 Å². The molecule has 4 nitrogen and oxygen atoms in total. The van der Waals surface area contributed by atoms with Gasteiger partial charge in [0.15, 0.2) is 0 Å². The van der Waals surface area contributed by atoms with Crippen LogP contribution in [-0.2, 0) is 0 Å². The number of rotatable bonds is 1. The van der Waals surface area contributed by atoms with Crippen molar-refractivity contribution in [2.24, 2.45) is 0 Å². The van der Waals surface area contributed by atoms with Crippen molar-refractivity contribution in [2.75, 3.05) is 0 Å². The molecule has 0 bridgehead atoms. The van der Waals surface area contributed by atoms with E-state index in [1.165, 1.54) is 6.20 Å². The fraction of sp³-hybridized carbons (Fsp3) is 0.100. The van der Waals surface area contributed by atoms with E-state index in [4.69, 9.17) is 5.26 Å². The molecule has 2 aromatic heterocycles. The van der Waals surface area contributed by atoms with Crippen LogP contribution in [-0.4, -0.2) is 15.0 Å². The standard InChI is InChI=1S/C10H8N4/c1-7-13-6-10(14-7)9-2-8(3-11)4-12-5-9/h2,4-6H,1H3,(H,13,14). The summed E-state index contributed by atoms with van der Waals surface area (Å²) in [6, 6.07) is 3.82. The number of hydrogen-bond donors (Lipinski definition) is 1. The van der Waals surface area contributed by atoms with Crippen LogP contribution >= 0.6 is 0 Å². The number of nitriles is 1. The summed E-state index contributed by atoms with van der Waals surface area (Å²) < 4.78 is 0. The van der Waals surface area contributed by atoms with E-state index in [0.29, 0.717) is 5.56 Å². The molecule has 1 N–H and O–H groups in total. The minimum atomic E-state index is 0.551. The Balaban J connectivity index is 2.47. The first-order valence-corrected chi connectivity index (χ1v) is 4.17.